The van der Waals surface area contributed by atoms with Gasteiger partial charge in [0, 0.05) is 16.0 Å². The summed E-state index contributed by atoms with van der Waals surface area (Å²) in [4.78, 5) is 12.1. The smallest absolute Gasteiger partial charge is 0.307 e. The molecule has 2 aromatic carbocycles. The summed E-state index contributed by atoms with van der Waals surface area (Å²) in [6.45, 7) is 0. The fourth-order valence-electron chi connectivity index (χ4n) is 2.56. The lowest BCUT2D eigenvalue weighted by molar-refractivity contribution is 0.0929. The number of benzene rings is 2. The minimum absolute atomic E-state index is 0.180. The standard InChI is InChI=1S/C20H12Cl2N2O3/c21-13-5-7-16(22)15(10-13)18-8-6-14(26-18)11-23-24-20(25)19-9-12-3-1-2-4-17(12)27-19/h1-11H,(H,24,25). The molecule has 0 atom stereocenters. The molecule has 1 amide bonds. The van der Waals surface area contributed by atoms with E-state index in [-0.39, 0.29) is 5.76 Å². The van der Waals surface area contributed by atoms with E-state index in [4.69, 9.17) is 32.0 Å². The fourth-order valence-corrected chi connectivity index (χ4v) is 2.94. The number of hydrogen-bond acceptors (Lipinski definition) is 4. The van der Waals surface area contributed by atoms with E-state index in [0.717, 1.165) is 5.39 Å². The van der Waals surface area contributed by atoms with Gasteiger partial charge in [0.15, 0.2) is 5.76 Å². The van der Waals surface area contributed by atoms with Gasteiger partial charge in [-0.2, -0.15) is 5.10 Å². The summed E-state index contributed by atoms with van der Waals surface area (Å²) in [6.07, 6.45) is 1.39. The van der Waals surface area contributed by atoms with Crippen molar-refractivity contribution in [2.45, 2.75) is 0 Å². The first-order chi connectivity index (χ1) is 13.1. The maximum absolute atomic E-state index is 12.1. The number of fused-ring (bicyclic) bond motifs is 1. The molecule has 0 unspecified atom stereocenters. The Morgan fingerprint density at radius 2 is 1.85 bits per heavy atom. The Morgan fingerprint density at radius 3 is 2.70 bits per heavy atom. The number of para-hydroxylation sites is 1. The van der Waals surface area contributed by atoms with Gasteiger partial charge < -0.3 is 8.83 Å². The molecule has 4 rings (SSSR count). The molecule has 2 aromatic heterocycles. The number of halogens is 2. The van der Waals surface area contributed by atoms with E-state index in [0.29, 0.717) is 32.7 Å². The summed E-state index contributed by atoms with van der Waals surface area (Å²) in [6, 6.07) is 17.6. The Bertz CT molecular complexity index is 1130. The minimum Gasteiger partial charge on any atom is -0.455 e. The average Bonchev–Trinajstić information content (AvgIpc) is 3.30. The number of carbonyl (C=O) groups excluding carboxylic acids is 1. The molecular weight excluding hydrogens is 387 g/mol. The largest absolute Gasteiger partial charge is 0.455 e. The Labute approximate surface area is 164 Å². The Kier molecular flexibility index (Phi) is 4.71. The normalized spacial score (nSPS) is 11.3. The van der Waals surface area contributed by atoms with Gasteiger partial charge in [-0.25, -0.2) is 5.43 Å². The summed E-state index contributed by atoms with van der Waals surface area (Å²) in [5.74, 6) is 0.727. The second kappa shape index (κ2) is 7.31. The molecule has 134 valence electrons. The van der Waals surface area contributed by atoms with Gasteiger partial charge in [0.1, 0.15) is 17.1 Å². The monoisotopic (exact) mass is 398 g/mol. The predicted molar refractivity (Wildman–Crippen MR) is 105 cm³/mol. The van der Waals surface area contributed by atoms with Crippen LogP contribution in [0.25, 0.3) is 22.3 Å². The highest BCUT2D eigenvalue weighted by Gasteiger charge is 2.12. The molecular formula is C20H12Cl2N2O3. The van der Waals surface area contributed by atoms with Gasteiger partial charge in [0.25, 0.3) is 0 Å². The lowest BCUT2D eigenvalue weighted by atomic mass is 10.2. The molecule has 7 heteroatoms. The SMILES string of the molecule is O=C(NN=Cc1ccc(-c2cc(Cl)ccc2Cl)o1)c1cc2ccccc2o1. The van der Waals surface area contributed by atoms with Crippen molar-refractivity contribution < 1.29 is 13.6 Å². The summed E-state index contributed by atoms with van der Waals surface area (Å²) >= 11 is 12.2. The topological polar surface area (TPSA) is 67.7 Å². The van der Waals surface area contributed by atoms with Crippen molar-refractivity contribution in [3.8, 4) is 11.3 Å². The zero-order valence-corrected chi connectivity index (χ0v) is 15.3. The van der Waals surface area contributed by atoms with Gasteiger partial charge >= 0.3 is 5.91 Å². The number of rotatable bonds is 4. The number of hydrazone groups is 1. The molecule has 2 heterocycles. The molecule has 1 N–H and O–H groups in total. The average molecular weight is 399 g/mol. The van der Waals surface area contributed by atoms with Crippen molar-refractivity contribution in [1.82, 2.24) is 5.43 Å². The molecule has 0 bridgehead atoms. The third-order valence-electron chi connectivity index (χ3n) is 3.83. The van der Waals surface area contributed by atoms with Crippen LogP contribution in [0.5, 0.6) is 0 Å². The highest BCUT2D eigenvalue weighted by atomic mass is 35.5. The van der Waals surface area contributed by atoms with Crippen LogP contribution in [0, 0.1) is 0 Å². The molecule has 5 nitrogen and oxygen atoms in total. The molecule has 0 saturated heterocycles. The first kappa shape index (κ1) is 17.4. The van der Waals surface area contributed by atoms with Crippen LogP contribution < -0.4 is 5.43 Å². The van der Waals surface area contributed by atoms with E-state index >= 15 is 0 Å². The second-order valence-corrected chi connectivity index (χ2v) is 6.52. The zero-order valence-electron chi connectivity index (χ0n) is 13.8. The van der Waals surface area contributed by atoms with E-state index in [9.17, 15) is 4.79 Å². The Morgan fingerprint density at radius 1 is 1.00 bits per heavy atom. The maximum Gasteiger partial charge on any atom is 0.307 e. The molecule has 0 fully saturated rings. The van der Waals surface area contributed by atoms with E-state index in [1.807, 2.05) is 18.2 Å². The van der Waals surface area contributed by atoms with Crippen LogP contribution in [0.4, 0.5) is 0 Å². The summed E-state index contributed by atoms with van der Waals surface area (Å²) < 4.78 is 11.2. The highest BCUT2D eigenvalue weighted by Crippen LogP contribution is 2.31. The number of hydrogen-bond donors (Lipinski definition) is 1. The molecule has 0 radical (unpaired) electrons. The van der Waals surface area contributed by atoms with Crippen molar-refractivity contribution in [3.63, 3.8) is 0 Å². The molecule has 0 aliphatic heterocycles. The van der Waals surface area contributed by atoms with E-state index in [1.165, 1.54) is 6.21 Å². The lowest BCUT2D eigenvalue weighted by Gasteiger charge is -2.00. The highest BCUT2D eigenvalue weighted by molar-refractivity contribution is 6.35. The number of furan rings is 2. The van der Waals surface area contributed by atoms with Crippen molar-refractivity contribution in [1.29, 1.82) is 0 Å². The van der Waals surface area contributed by atoms with Crippen molar-refractivity contribution in [2.75, 3.05) is 0 Å². The van der Waals surface area contributed by atoms with Gasteiger partial charge in [0.2, 0.25) is 0 Å². The number of nitrogens with one attached hydrogen (secondary N) is 1. The number of nitrogens with zero attached hydrogens (tertiary/aromatic N) is 1. The molecule has 0 saturated carbocycles. The van der Waals surface area contributed by atoms with Crippen LogP contribution in [-0.2, 0) is 0 Å². The van der Waals surface area contributed by atoms with Crippen LogP contribution in [0.1, 0.15) is 16.3 Å². The van der Waals surface area contributed by atoms with E-state index in [1.54, 1.807) is 42.5 Å². The predicted octanol–water partition coefficient (Wildman–Crippen LogP) is 5.76. The summed E-state index contributed by atoms with van der Waals surface area (Å²) in [7, 11) is 0. The maximum atomic E-state index is 12.1. The van der Waals surface area contributed by atoms with Crippen LogP contribution in [0.2, 0.25) is 10.0 Å². The Hall–Kier alpha value is -3.02. The number of amides is 1. The lowest BCUT2D eigenvalue weighted by Crippen LogP contribution is -2.16. The quantitative estimate of drug-likeness (QED) is 0.350. The van der Waals surface area contributed by atoms with Gasteiger partial charge in [-0.1, -0.05) is 41.4 Å². The molecule has 27 heavy (non-hydrogen) atoms. The fraction of sp³-hybridized carbons (Fsp3) is 0. The van der Waals surface area contributed by atoms with Crippen LogP contribution in [-0.4, -0.2) is 12.1 Å². The number of carbonyl (C=O) groups is 1. The minimum atomic E-state index is -0.452. The van der Waals surface area contributed by atoms with E-state index < -0.39 is 5.91 Å². The van der Waals surface area contributed by atoms with E-state index in [2.05, 4.69) is 10.5 Å². The molecule has 0 aliphatic rings. The van der Waals surface area contributed by atoms with Crippen molar-refractivity contribution in [3.05, 3.63) is 82.2 Å². The van der Waals surface area contributed by atoms with Crippen molar-refractivity contribution >= 4 is 46.3 Å². The van der Waals surface area contributed by atoms with Gasteiger partial charge in [-0.15, -0.1) is 0 Å². The van der Waals surface area contributed by atoms with Gasteiger partial charge in [0.05, 0.1) is 11.2 Å². The van der Waals surface area contributed by atoms with Crippen LogP contribution in [0.15, 0.2) is 74.6 Å². The first-order valence-corrected chi connectivity index (χ1v) is 8.73. The molecule has 4 aromatic rings. The zero-order chi connectivity index (χ0) is 18.8. The van der Waals surface area contributed by atoms with Crippen LogP contribution >= 0.6 is 23.2 Å². The summed E-state index contributed by atoms with van der Waals surface area (Å²) in [5, 5.41) is 5.82. The molecule has 0 aliphatic carbocycles. The Balaban J connectivity index is 1.46. The van der Waals surface area contributed by atoms with Crippen LogP contribution in [0.3, 0.4) is 0 Å². The third-order valence-corrected chi connectivity index (χ3v) is 4.39. The van der Waals surface area contributed by atoms with Gasteiger partial charge in [-0.3, -0.25) is 4.79 Å². The summed E-state index contributed by atoms with van der Waals surface area (Å²) in [5.41, 5.74) is 3.72. The van der Waals surface area contributed by atoms with Crippen molar-refractivity contribution in [2.24, 2.45) is 5.10 Å². The third kappa shape index (κ3) is 3.74. The first-order valence-electron chi connectivity index (χ1n) is 7.97. The second-order valence-electron chi connectivity index (χ2n) is 5.67. The van der Waals surface area contributed by atoms with Gasteiger partial charge in [-0.05, 0) is 42.5 Å². The molecule has 0 spiro atoms.